The van der Waals surface area contributed by atoms with E-state index in [-0.39, 0.29) is 17.5 Å². The second-order valence-electron chi connectivity index (χ2n) is 5.23. The van der Waals surface area contributed by atoms with E-state index in [4.69, 9.17) is 0 Å². The number of para-hydroxylation sites is 1. The molecule has 1 aliphatic heterocycles. The molecule has 0 saturated heterocycles. The molecule has 0 radical (unpaired) electrons. The molecule has 1 atom stereocenters. The molecule has 3 rings (SSSR count). The highest BCUT2D eigenvalue weighted by molar-refractivity contribution is 6.06. The van der Waals surface area contributed by atoms with Crippen LogP contribution >= 0.6 is 0 Å². The lowest BCUT2D eigenvalue weighted by atomic mass is 10.1. The Morgan fingerprint density at radius 2 is 2.05 bits per heavy atom. The van der Waals surface area contributed by atoms with Crippen LogP contribution in [0.3, 0.4) is 0 Å². The predicted molar refractivity (Wildman–Crippen MR) is 80.6 cm³/mol. The third-order valence-corrected chi connectivity index (χ3v) is 3.81. The van der Waals surface area contributed by atoms with E-state index in [1.54, 1.807) is 4.90 Å². The Labute approximate surface area is 122 Å². The Kier molecular flexibility index (Phi) is 3.33. The van der Waals surface area contributed by atoms with Crippen molar-refractivity contribution in [3.8, 4) is 0 Å². The van der Waals surface area contributed by atoms with E-state index in [0.717, 1.165) is 12.1 Å². The van der Waals surface area contributed by atoms with Crippen LogP contribution in [0.2, 0.25) is 0 Å². The first-order valence-corrected chi connectivity index (χ1v) is 7.11. The van der Waals surface area contributed by atoms with E-state index in [1.165, 1.54) is 22.4 Å². The summed E-state index contributed by atoms with van der Waals surface area (Å²) in [5.74, 6) is -0.158. The maximum atomic E-state index is 12.7. The van der Waals surface area contributed by atoms with Gasteiger partial charge in [-0.05, 0) is 38.0 Å². The molecule has 1 aromatic carbocycles. The molecule has 5 heteroatoms. The molecule has 2 aromatic rings. The first-order chi connectivity index (χ1) is 10.1. The van der Waals surface area contributed by atoms with Gasteiger partial charge in [-0.3, -0.25) is 9.59 Å². The van der Waals surface area contributed by atoms with Gasteiger partial charge >= 0.3 is 0 Å². The van der Waals surface area contributed by atoms with Crippen molar-refractivity contribution in [2.75, 3.05) is 4.90 Å². The molecule has 0 saturated carbocycles. The van der Waals surface area contributed by atoms with Crippen molar-refractivity contribution in [2.45, 2.75) is 32.9 Å². The summed E-state index contributed by atoms with van der Waals surface area (Å²) in [6, 6.07) is 10.9. The van der Waals surface area contributed by atoms with Crippen LogP contribution in [0, 0.1) is 0 Å². The van der Waals surface area contributed by atoms with Gasteiger partial charge in [0.05, 0.1) is 0 Å². The summed E-state index contributed by atoms with van der Waals surface area (Å²) in [6.45, 7) is 4.30. The minimum absolute atomic E-state index is 0.0960. The van der Waals surface area contributed by atoms with E-state index >= 15 is 0 Å². The molecule has 5 nitrogen and oxygen atoms in total. The highest BCUT2D eigenvalue weighted by Gasteiger charge is 2.32. The van der Waals surface area contributed by atoms with Crippen molar-refractivity contribution in [1.29, 1.82) is 0 Å². The molecule has 21 heavy (non-hydrogen) atoms. The molecular weight excluding hydrogens is 266 g/mol. The second kappa shape index (κ2) is 5.16. The van der Waals surface area contributed by atoms with E-state index in [0.29, 0.717) is 12.2 Å². The van der Waals surface area contributed by atoms with Crippen LogP contribution < -0.4 is 10.5 Å². The molecule has 0 spiro atoms. The second-order valence-corrected chi connectivity index (χ2v) is 5.23. The normalized spacial score (nSPS) is 16.9. The third kappa shape index (κ3) is 2.24. The van der Waals surface area contributed by atoms with Crippen molar-refractivity contribution in [1.82, 2.24) is 9.78 Å². The van der Waals surface area contributed by atoms with Gasteiger partial charge in [0.2, 0.25) is 0 Å². The number of rotatable bonds is 2. The molecule has 0 N–H and O–H groups in total. The third-order valence-electron chi connectivity index (χ3n) is 3.81. The number of carbonyl (C=O) groups is 1. The number of carbonyl (C=O) groups excluding carboxylic acids is 1. The van der Waals surface area contributed by atoms with Gasteiger partial charge in [0.15, 0.2) is 0 Å². The zero-order chi connectivity index (χ0) is 15.0. The monoisotopic (exact) mass is 283 g/mol. The molecule has 108 valence electrons. The highest BCUT2D eigenvalue weighted by Crippen LogP contribution is 2.32. The van der Waals surface area contributed by atoms with E-state index in [2.05, 4.69) is 5.10 Å². The molecule has 1 aliphatic rings. The lowest BCUT2D eigenvalue weighted by molar-refractivity contribution is 0.0974. The van der Waals surface area contributed by atoms with Crippen LogP contribution in [-0.2, 0) is 13.0 Å². The van der Waals surface area contributed by atoms with Gasteiger partial charge in [0.25, 0.3) is 11.5 Å². The van der Waals surface area contributed by atoms with Crippen LogP contribution in [-0.4, -0.2) is 21.7 Å². The SMILES string of the molecule is CCn1nc(C(=O)N2c3ccccc3C[C@@H]2C)ccc1=O. The van der Waals surface area contributed by atoms with Gasteiger partial charge in [-0.2, -0.15) is 5.10 Å². The van der Waals surface area contributed by atoms with Crippen molar-refractivity contribution in [2.24, 2.45) is 0 Å². The minimum atomic E-state index is -0.191. The molecule has 1 aromatic heterocycles. The fraction of sp³-hybridized carbons (Fsp3) is 0.312. The Morgan fingerprint density at radius 3 is 2.81 bits per heavy atom. The lowest BCUT2D eigenvalue weighted by Crippen LogP contribution is -2.37. The number of fused-ring (bicyclic) bond motifs is 1. The Hall–Kier alpha value is -2.43. The van der Waals surface area contributed by atoms with Crippen molar-refractivity contribution in [3.05, 3.63) is 58.0 Å². The number of hydrogen-bond donors (Lipinski definition) is 0. The summed E-state index contributed by atoms with van der Waals surface area (Å²) in [4.78, 5) is 26.1. The standard InChI is InChI=1S/C16H17N3O2/c1-3-18-15(20)9-8-13(17-18)16(21)19-11(2)10-12-6-4-5-7-14(12)19/h4-9,11H,3,10H2,1-2H3/t11-/m0/s1. The Morgan fingerprint density at radius 1 is 1.29 bits per heavy atom. The summed E-state index contributed by atoms with van der Waals surface area (Å²) in [5, 5.41) is 4.16. The van der Waals surface area contributed by atoms with E-state index < -0.39 is 0 Å². The number of aromatic nitrogens is 2. The van der Waals surface area contributed by atoms with Crippen molar-refractivity contribution < 1.29 is 4.79 Å². The molecule has 0 unspecified atom stereocenters. The van der Waals surface area contributed by atoms with Crippen LogP contribution in [0.5, 0.6) is 0 Å². The predicted octanol–water partition coefficient (Wildman–Crippen LogP) is 1.85. The fourth-order valence-electron chi connectivity index (χ4n) is 2.79. The summed E-state index contributed by atoms with van der Waals surface area (Å²) in [6.07, 6.45) is 0.843. The number of nitrogens with zero attached hydrogens (tertiary/aromatic N) is 3. The maximum absolute atomic E-state index is 12.7. The smallest absolute Gasteiger partial charge is 0.278 e. The molecule has 1 amide bonds. The molecule has 0 aliphatic carbocycles. The largest absolute Gasteiger partial charge is 0.304 e. The average molecular weight is 283 g/mol. The van der Waals surface area contributed by atoms with Gasteiger partial charge in [-0.1, -0.05) is 18.2 Å². The van der Waals surface area contributed by atoms with Crippen molar-refractivity contribution >= 4 is 11.6 Å². The van der Waals surface area contributed by atoms with Gasteiger partial charge in [0, 0.05) is 24.3 Å². The number of hydrogen-bond acceptors (Lipinski definition) is 3. The number of anilines is 1. The first-order valence-electron chi connectivity index (χ1n) is 7.11. The number of amides is 1. The van der Waals surface area contributed by atoms with Crippen LogP contribution in [0.4, 0.5) is 5.69 Å². The molecular formula is C16H17N3O2. The lowest BCUT2D eigenvalue weighted by Gasteiger charge is -2.22. The van der Waals surface area contributed by atoms with Crippen LogP contribution in [0.1, 0.15) is 29.9 Å². The van der Waals surface area contributed by atoms with E-state index in [9.17, 15) is 9.59 Å². The Bertz CT molecular complexity index is 751. The van der Waals surface area contributed by atoms with Gasteiger partial charge in [0.1, 0.15) is 5.69 Å². The van der Waals surface area contributed by atoms with E-state index in [1.807, 2.05) is 38.1 Å². The van der Waals surface area contributed by atoms with Gasteiger partial charge < -0.3 is 4.90 Å². The summed E-state index contributed by atoms with van der Waals surface area (Å²) >= 11 is 0. The number of benzene rings is 1. The molecule has 2 heterocycles. The Balaban J connectivity index is 2.01. The van der Waals surface area contributed by atoms with Gasteiger partial charge in [-0.25, -0.2) is 4.68 Å². The fourth-order valence-corrected chi connectivity index (χ4v) is 2.79. The molecule has 0 fully saturated rings. The summed E-state index contributed by atoms with van der Waals surface area (Å²) < 4.78 is 1.31. The van der Waals surface area contributed by atoms with Gasteiger partial charge in [-0.15, -0.1) is 0 Å². The van der Waals surface area contributed by atoms with Crippen molar-refractivity contribution in [3.63, 3.8) is 0 Å². The van der Waals surface area contributed by atoms with Crippen LogP contribution in [0.25, 0.3) is 0 Å². The topological polar surface area (TPSA) is 55.2 Å². The first kappa shape index (κ1) is 13.5. The minimum Gasteiger partial charge on any atom is -0.304 e. The quantitative estimate of drug-likeness (QED) is 0.845. The summed E-state index contributed by atoms with van der Waals surface area (Å²) in [5.41, 5.74) is 2.22. The number of aryl methyl sites for hydroxylation is 1. The zero-order valence-corrected chi connectivity index (χ0v) is 12.1. The average Bonchev–Trinajstić information content (AvgIpc) is 2.82. The summed E-state index contributed by atoms with van der Waals surface area (Å²) in [7, 11) is 0. The highest BCUT2D eigenvalue weighted by atomic mass is 16.2. The molecule has 0 bridgehead atoms. The van der Waals surface area contributed by atoms with Crippen LogP contribution in [0.15, 0.2) is 41.2 Å². The zero-order valence-electron chi connectivity index (χ0n) is 12.1. The maximum Gasteiger partial charge on any atom is 0.278 e.